The fourth-order valence-corrected chi connectivity index (χ4v) is 4.61. The van der Waals surface area contributed by atoms with Crippen LogP contribution in [0.2, 0.25) is 0 Å². The Morgan fingerprint density at radius 3 is 2.18 bits per heavy atom. The first kappa shape index (κ1) is 21.8. The molecule has 2 heterocycles. The summed E-state index contributed by atoms with van der Waals surface area (Å²) in [6.45, 7) is 3.71. The Balaban J connectivity index is 1.57. The molecule has 0 radical (unpaired) electrons. The van der Waals surface area contributed by atoms with Gasteiger partial charge in [-0.2, -0.15) is 0 Å². The molecule has 0 aliphatic carbocycles. The Labute approximate surface area is 199 Å². The number of benzene rings is 3. The van der Waals surface area contributed by atoms with Gasteiger partial charge < -0.3 is 14.4 Å². The first-order chi connectivity index (χ1) is 16.6. The molecule has 0 atom stereocenters. The molecule has 2 amide bonds. The summed E-state index contributed by atoms with van der Waals surface area (Å²) in [5.41, 5.74) is 4.54. The average molecular weight is 455 g/mol. The van der Waals surface area contributed by atoms with Crippen molar-refractivity contribution in [1.29, 1.82) is 0 Å². The average Bonchev–Trinajstić information content (AvgIpc) is 3.14. The van der Waals surface area contributed by atoms with Gasteiger partial charge in [0.1, 0.15) is 17.2 Å². The van der Waals surface area contributed by atoms with E-state index in [1.165, 1.54) is 16.0 Å². The summed E-state index contributed by atoms with van der Waals surface area (Å²) < 4.78 is 10.8. The van der Waals surface area contributed by atoms with Crippen LogP contribution in [-0.2, 0) is 22.6 Å². The summed E-state index contributed by atoms with van der Waals surface area (Å²) >= 11 is 0. The van der Waals surface area contributed by atoms with Crippen molar-refractivity contribution >= 4 is 23.1 Å². The molecular formula is C28H26N2O4. The van der Waals surface area contributed by atoms with Gasteiger partial charge in [-0.15, -0.1) is 0 Å². The molecule has 6 nitrogen and oxygen atoms in total. The van der Waals surface area contributed by atoms with Gasteiger partial charge in [0.15, 0.2) is 0 Å². The predicted octanol–water partition coefficient (Wildman–Crippen LogP) is 4.44. The lowest BCUT2D eigenvalue weighted by Gasteiger charge is -2.31. The van der Waals surface area contributed by atoms with E-state index in [9.17, 15) is 9.59 Å². The standard InChI is InChI=1S/C28H26N2O4/c1-3-34-24-14-10-22(11-15-24)30-27(31)25(20-8-12-23(33-2)13-9-20)26(28(30)32)29-17-16-19-6-4-5-7-21(19)18-29/h4-15H,3,16-18H2,1-2H3. The van der Waals surface area contributed by atoms with Crippen LogP contribution in [-0.4, -0.2) is 37.0 Å². The predicted molar refractivity (Wildman–Crippen MR) is 131 cm³/mol. The highest BCUT2D eigenvalue weighted by Crippen LogP contribution is 2.37. The Kier molecular flexibility index (Phi) is 5.80. The van der Waals surface area contributed by atoms with Crippen molar-refractivity contribution in [3.8, 4) is 11.5 Å². The van der Waals surface area contributed by atoms with Crippen LogP contribution < -0.4 is 14.4 Å². The third-order valence-corrected chi connectivity index (χ3v) is 6.29. The first-order valence-corrected chi connectivity index (χ1v) is 11.4. The number of methoxy groups -OCH3 is 1. The molecule has 3 aromatic carbocycles. The van der Waals surface area contributed by atoms with Gasteiger partial charge in [-0.05, 0) is 66.4 Å². The highest BCUT2D eigenvalue weighted by atomic mass is 16.5. The molecule has 34 heavy (non-hydrogen) atoms. The summed E-state index contributed by atoms with van der Waals surface area (Å²) in [7, 11) is 1.60. The Hall–Kier alpha value is -4.06. The number of amides is 2. The second-order valence-electron chi connectivity index (χ2n) is 8.27. The number of carbonyl (C=O) groups excluding carboxylic acids is 2. The van der Waals surface area contributed by atoms with Crippen LogP contribution >= 0.6 is 0 Å². The van der Waals surface area contributed by atoms with Crippen molar-refractivity contribution in [3.63, 3.8) is 0 Å². The number of imide groups is 1. The van der Waals surface area contributed by atoms with E-state index in [0.29, 0.717) is 53.7 Å². The number of fused-ring (bicyclic) bond motifs is 1. The molecule has 6 heteroatoms. The van der Waals surface area contributed by atoms with Crippen LogP contribution in [0.4, 0.5) is 5.69 Å². The van der Waals surface area contributed by atoms with Crippen molar-refractivity contribution in [2.75, 3.05) is 25.2 Å². The van der Waals surface area contributed by atoms with Gasteiger partial charge in [-0.25, -0.2) is 4.90 Å². The van der Waals surface area contributed by atoms with Crippen molar-refractivity contribution in [3.05, 3.63) is 95.2 Å². The van der Waals surface area contributed by atoms with Crippen LogP contribution in [0.15, 0.2) is 78.5 Å². The van der Waals surface area contributed by atoms with E-state index in [1.54, 1.807) is 31.4 Å². The van der Waals surface area contributed by atoms with Crippen molar-refractivity contribution in [2.24, 2.45) is 0 Å². The second-order valence-corrected chi connectivity index (χ2v) is 8.27. The van der Waals surface area contributed by atoms with Gasteiger partial charge in [0.05, 0.1) is 25.0 Å². The third-order valence-electron chi connectivity index (χ3n) is 6.29. The van der Waals surface area contributed by atoms with Crippen LogP contribution in [0.5, 0.6) is 11.5 Å². The minimum Gasteiger partial charge on any atom is -0.497 e. The number of hydrogen-bond acceptors (Lipinski definition) is 5. The molecule has 0 spiro atoms. The maximum absolute atomic E-state index is 13.8. The normalized spacial score (nSPS) is 15.6. The number of nitrogens with zero attached hydrogens (tertiary/aromatic N) is 2. The number of ether oxygens (including phenoxy) is 2. The second kappa shape index (κ2) is 9.06. The summed E-state index contributed by atoms with van der Waals surface area (Å²) in [5.74, 6) is 0.757. The maximum Gasteiger partial charge on any atom is 0.282 e. The summed E-state index contributed by atoms with van der Waals surface area (Å²) in [4.78, 5) is 30.8. The topological polar surface area (TPSA) is 59.1 Å². The molecule has 0 bridgehead atoms. The molecule has 0 N–H and O–H groups in total. The number of hydrogen-bond donors (Lipinski definition) is 0. The fourth-order valence-electron chi connectivity index (χ4n) is 4.61. The summed E-state index contributed by atoms with van der Waals surface area (Å²) in [5, 5.41) is 0. The van der Waals surface area contributed by atoms with E-state index in [0.717, 1.165) is 6.42 Å². The monoisotopic (exact) mass is 454 g/mol. The summed E-state index contributed by atoms with van der Waals surface area (Å²) in [6.07, 6.45) is 0.820. The van der Waals surface area contributed by atoms with Crippen LogP contribution in [0.3, 0.4) is 0 Å². The van der Waals surface area contributed by atoms with E-state index in [2.05, 4.69) is 12.1 Å². The van der Waals surface area contributed by atoms with Gasteiger partial charge in [-0.3, -0.25) is 9.59 Å². The molecule has 2 aliphatic heterocycles. The number of rotatable bonds is 6. The van der Waals surface area contributed by atoms with Gasteiger partial charge in [0.25, 0.3) is 11.8 Å². The molecule has 0 saturated carbocycles. The molecule has 0 unspecified atom stereocenters. The largest absolute Gasteiger partial charge is 0.497 e. The summed E-state index contributed by atoms with van der Waals surface area (Å²) in [6, 6.07) is 22.6. The number of carbonyl (C=O) groups is 2. The third kappa shape index (κ3) is 3.81. The smallest absolute Gasteiger partial charge is 0.282 e. The van der Waals surface area contributed by atoms with Crippen LogP contribution in [0, 0.1) is 0 Å². The van der Waals surface area contributed by atoms with Crippen molar-refractivity contribution in [2.45, 2.75) is 19.9 Å². The van der Waals surface area contributed by atoms with Crippen molar-refractivity contribution in [1.82, 2.24) is 4.90 Å². The van der Waals surface area contributed by atoms with Crippen LogP contribution in [0.25, 0.3) is 5.57 Å². The van der Waals surface area contributed by atoms with E-state index in [-0.39, 0.29) is 11.8 Å². The quantitative estimate of drug-likeness (QED) is 0.516. The van der Waals surface area contributed by atoms with Gasteiger partial charge >= 0.3 is 0 Å². The highest BCUT2D eigenvalue weighted by Gasteiger charge is 2.43. The zero-order chi connectivity index (χ0) is 23.7. The Morgan fingerprint density at radius 1 is 0.824 bits per heavy atom. The molecule has 0 aromatic heterocycles. The minimum atomic E-state index is -0.326. The lowest BCUT2D eigenvalue weighted by Crippen LogP contribution is -2.37. The lowest BCUT2D eigenvalue weighted by molar-refractivity contribution is -0.120. The van der Waals surface area contributed by atoms with Crippen LogP contribution in [0.1, 0.15) is 23.6 Å². The zero-order valence-corrected chi connectivity index (χ0v) is 19.3. The first-order valence-electron chi connectivity index (χ1n) is 11.4. The molecular weight excluding hydrogens is 428 g/mol. The molecule has 2 aliphatic rings. The molecule has 0 saturated heterocycles. The molecule has 0 fully saturated rings. The van der Waals surface area contributed by atoms with Gasteiger partial charge in [-0.1, -0.05) is 36.4 Å². The van der Waals surface area contributed by atoms with E-state index < -0.39 is 0 Å². The maximum atomic E-state index is 13.8. The van der Waals surface area contributed by atoms with E-state index >= 15 is 0 Å². The highest BCUT2D eigenvalue weighted by molar-refractivity contribution is 6.45. The van der Waals surface area contributed by atoms with Crippen molar-refractivity contribution < 1.29 is 19.1 Å². The molecule has 172 valence electrons. The Bertz CT molecular complexity index is 1260. The minimum absolute atomic E-state index is 0.306. The van der Waals surface area contributed by atoms with Gasteiger partial charge in [0, 0.05) is 13.1 Å². The SMILES string of the molecule is CCOc1ccc(N2C(=O)C(c3ccc(OC)cc3)=C(N3CCc4ccccc4C3)C2=O)cc1. The Morgan fingerprint density at radius 2 is 1.50 bits per heavy atom. The molecule has 3 aromatic rings. The zero-order valence-electron chi connectivity index (χ0n) is 19.3. The lowest BCUT2D eigenvalue weighted by atomic mass is 9.98. The van der Waals surface area contributed by atoms with E-state index in [1.807, 2.05) is 48.2 Å². The molecule has 5 rings (SSSR count). The fraction of sp³-hybridized carbons (Fsp3) is 0.214. The van der Waals surface area contributed by atoms with Gasteiger partial charge in [0.2, 0.25) is 0 Å². The number of anilines is 1. The van der Waals surface area contributed by atoms with E-state index in [4.69, 9.17) is 9.47 Å².